The largest absolute Gasteiger partial charge is 0.416 e. The molecule has 1 aromatic carbocycles. The SMILES string of the molecule is CNCCC(C)N(C)Sc1cccc(C(F)(F)F)c1. The molecule has 0 heterocycles. The summed E-state index contributed by atoms with van der Waals surface area (Å²) in [6.45, 7) is 2.94. The van der Waals surface area contributed by atoms with Crippen molar-refractivity contribution in [2.45, 2.75) is 30.5 Å². The van der Waals surface area contributed by atoms with E-state index in [0.29, 0.717) is 4.90 Å². The molecule has 108 valence electrons. The van der Waals surface area contributed by atoms with Crippen LogP contribution < -0.4 is 5.32 Å². The van der Waals surface area contributed by atoms with Crippen LogP contribution in [0.25, 0.3) is 0 Å². The second-order valence-corrected chi connectivity index (χ2v) is 5.63. The first-order valence-electron chi connectivity index (χ1n) is 6.07. The van der Waals surface area contributed by atoms with Gasteiger partial charge in [0.2, 0.25) is 0 Å². The summed E-state index contributed by atoms with van der Waals surface area (Å²) in [5.41, 5.74) is -0.603. The lowest BCUT2D eigenvalue weighted by Gasteiger charge is -2.23. The summed E-state index contributed by atoms with van der Waals surface area (Å²) in [4.78, 5) is 0.605. The first-order chi connectivity index (χ1) is 8.84. The van der Waals surface area contributed by atoms with Gasteiger partial charge in [0.1, 0.15) is 0 Å². The molecule has 0 bridgehead atoms. The van der Waals surface area contributed by atoms with Crippen molar-refractivity contribution in [3.8, 4) is 0 Å². The second-order valence-electron chi connectivity index (χ2n) is 4.40. The topological polar surface area (TPSA) is 15.3 Å². The van der Waals surface area contributed by atoms with Crippen LogP contribution in [0.15, 0.2) is 29.2 Å². The highest BCUT2D eigenvalue weighted by molar-refractivity contribution is 7.97. The Bertz CT molecular complexity index is 396. The molecule has 1 atom stereocenters. The van der Waals surface area contributed by atoms with Gasteiger partial charge in [-0.1, -0.05) is 6.07 Å². The first-order valence-corrected chi connectivity index (χ1v) is 6.84. The lowest BCUT2D eigenvalue weighted by molar-refractivity contribution is -0.137. The van der Waals surface area contributed by atoms with Crippen LogP contribution in [-0.2, 0) is 6.18 Å². The zero-order valence-corrected chi connectivity index (χ0v) is 12.1. The van der Waals surface area contributed by atoms with Crippen LogP contribution in [0.4, 0.5) is 13.2 Å². The fourth-order valence-corrected chi connectivity index (χ4v) is 2.46. The Labute approximate surface area is 116 Å². The standard InChI is InChI=1S/C13H19F3N2S/c1-10(7-8-17-2)18(3)19-12-6-4-5-11(9-12)13(14,15)16/h4-6,9-10,17H,7-8H2,1-3H3. The highest BCUT2D eigenvalue weighted by atomic mass is 32.2. The molecule has 0 saturated heterocycles. The summed E-state index contributed by atoms with van der Waals surface area (Å²) in [5, 5.41) is 3.06. The zero-order valence-electron chi connectivity index (χ0n) is 11.3. The van der Waals surface area contributed by atoms with Crippen molar-refractivity contribution >= 4 is 11.9 Å². The van der Waals surface area contributed by atoms with Gasteiger partial charge in [0.15, 0.2) is 0 Å². The Morgan fingerprint density at radius 1 is 1.37 bits per heavy atom. The van der Waals surface area contributed by atoms with Crippen molar-refractivity contribution in [1.29, 1.82) is 0 Å². The van der Waals surface area contributed by atoms with Crippen LogP contribution in [0.2, 0.25) is 0 Å². The highest BCUT2D eigenvalue weighted by Crippen LogP contribution is 2.33. The monoisotopic (exact) mass is 292 g/mol. The number of rotatable bonds is 6. The molecule has 0 aliphatic heterocycles. The maximum Gasteiger partial charge on any atom is 0.416 e. The Morgan fingerprint density at radius 3 is 2.63 bits per heavy atom. The fraction of sp³-hybridized carbons (Fsp3) is 0.538. The number of benzene rings is 1. The van der Waals surface area contributed by atoms with Crippen molar-refractivity contribution in [1.82, 2.24) is 9.62 Å². The number of hydrogen-bond donors (Lipinski definition) is 1. The number of halogens is 3. The molecular weight excluding hydrogens is 273 g/mol. The van der Waals surface area contributed by atoms with E-state index < -0.39 is 11.7 Å². The van der Waals surface area contributed by atoms with Gasteiger partial charge in [0, 0.05) is 10.9 Å². The van der Waals surface area contributed by atoms with Crippen LogP contribution in [-0.4, -0.2) is 31.0 Å². The van der Waals surface area contributed by atoms with Crippen molar-refractivity contribution in [2.24, 2.45) is 0 Å². The van der Waals surface area contributed by atoms with E-state index in [0.717, 1.165) is 19.0 Å². The van der Waals surface area contributed by atoms with Gasteiger partial charge in [-0.15, -0.1) is 0 Å². The van der Waals surface area contributed by atoms with E-state index in [1.807, 2.05) is 18.4 Å². The molecule has 0 aromatic heterocycles. The summed E-state index contributed by atoms with van der Waals surface area (Å²) in [6, 6.07) is 5.70. The average molecular weight is 292 g/mol. The van der Waals surface area contributed by atoms with E-state index in [-0.39, 0.29) is 6.04 Å². The molecule has 1 unspecified atom stereocenters. The molecule has 0 spiro atoms. The molecule has 0 radical (unpaired) electrons. The molecule has 0 aliphatic carbocycles. The predicted molar refractivity (Wildman–Crippen MR) is 73.1 cm³/mol. The molecule has 6 heteroatoms. The third kappa shape index (κ3) is 5.42. The Hall–Kier alpha value is -0.720. The van der Waals surface area contributed by atoms with Gasteiger partial charge in [0.05, 0.1) is 5.56 Å². The van der Waals surface area contributed by atoms with E-state index in [2.05, 4.69) is 12.2 Å². The Balaban J connectivity index is 2.66. The minimum atomic E-state index is -4.28. The molecule has 1 rings (SSSR count). The molecule has 1 aromatic rings. The molecule has 1 N–H and O–H groups in total. The lowest BCUT2D eigenvalue weighted by atomic mass is 10.2. The van der Waals surface area contributed by atoms with Crippen LogP contribution in [0, 0.1) is 0 Å². The summed E-state index contributed by atoms with van der Waals surface area (Å²) < 4.78 is 39.8. The maximum atomic E-state index is 12.6. The summed E-state index contributed by atoms with van der Waals surface area (Å²) in [5.74, 6) is 0. The van der Waals surface area contributed by atoms with Crippen LogP contribution >= 0.6 is 11.9 Å². The van der Waals surface area contributed by atoms with E-state index >= 15 is 0 Å². The molecule has 0 fully saturated rings. The Morgan fingerprint density at radius 2 is 2.05 bits per heavy atom. The van der Waals surface area contributed by atoms with E-state index in [1.165, 1.54) is 24.1 Å². The van der Waals surface area contributed by atoms with Gasteiger partial charge in [0.25, 0.3) is 0 Å². The third-order valence-electron chi connectivity index (χ3n) is 2.84. The molecule has 0 saturated carbocycles. The molecule has 19 heavy (non-hydrogen) atoms. The van der Waals surface area contributed by atoms with Crippen molar-refractivity contribution in [3.63, 3.8) is 0 Å². The molecular formula is C13H19F3N2S. The van der Waals surface area contributed by atoms with Crippen LogP contribution in [0.3, 0.4) is 0 Å². The number of hydrogen-bond acceptors (Lipinski definition) is 3. The van der Waals surface area contributed by atoms with Gasteiger partial charge in [-0.2, -0.15) is 13.2 Å². The summed E-state index contributed by atoms with van der Waals surface area (Å²) >= 11 is 1.34. The summed E-state index contributed by atoms with van der Waals surface area (Å²) in [6.07, 6.45) is -3.34. The van der Waals surface area contributed by atoms with E-state index in [9.17, 15) is 13.2 Å². The number of alkyl halides is 3. The van der Waals surface area contributed by atoms with Crippen molar-refractivity contribution in [2.75, 3.05) is 20.6 Å². The maximum absolute atomic E-state index is 12.6. The minimum absolute atomic E-state index is 0.284. The molecule has 0 aliphatic rings. The van der Waals surface area contributed by atoms with Gasteiger partial charge >= 0.3 is 6.18 Å². The molecule has 2 nitrogen and oxygen atoms in total. The van der Waals surface area contributed by atoms with Gasteiger partial charge < -0.3 is 5.32 Å². The normalized spacial score (nSPS) is 13.8. The zero-order chi connectivity index (χ0) is 14.5. The minimum Gasteiger partial charge on any atom is -0.320 e. The second kappa shape index (κ2) is 7.17. The van der Waals surface area contributed by atoms with Crippen LogP contribution in [0.1, 0.15) is 18.9 Å². The number of nitrogens with one attached hydrogen (secondary N) is 1. The van der Waals surface area contributed by atoms with Gasteiger partial charge in [-0.3, -0.25) is 0 Å². The van der Waals surface area contributed by atoms with Crippen molar-refractivity contribution in [3.05, 3.63) is 29.8 Å². The van der Waals surface area contributed by atoms with Crippen molar-refractivity contribution < 1.29 is 13.2 Å². The van der Waals surface area contributed by atoms with Gasteiger partial charge in [-0.05, 0) is 64.1 Å². The lowest BCUT2D eigenvalue weighted by Crippen LogP contribution is -2.26. The molecule has 0 amide bonds. The first kappa shape index (κ1) is 16.3. The van der Waals surface area contributed by atoms with E-state index in [4.69, 9.17) is 0 Å². The predicted octanol–water partition coefficient (Wildman–Crippen LogP) is 3.64. The van der Waals surface area contributed by atoms with Gasteiger partial charge in [-0.25, -0.2) is 4.31 Å². The third-order valence-corrected chi connectivity index (χ3v) is 3.96. The van der Waals surface area contributed by atoms with E-state index in [1.54, 1.807) is 6.07 Å². The quantitative estimate of drug-likeness (QED) is 0.806. The highest BCUT2D eigenvalue weighted by Gasteiger charge is 2.30. The Kier molecular flexibility index (Phi) is 6.16. The summed E-state index contributed by atoms with van der Waals surface area (Å²) in [7, 11) is 3.78. The fourth-order valence-electron chi connectivity index (χ4n) is 1.52. The smallest absolute Gasteiger partial charge is 0.320 e. The average Bonchev–Trinajstić information content (AvgIpc) is 2.35. The number of nitrogens with zero attached hydrogens (tertiary/aromatic N) is 1. The van der Waals surface area contributed by atoms with Crippen LogP contribution in [0.5, 0.6) is 0 Å².